The van der Waals surface area contributed by atoms with Gasteiger partial charge in [0, 0.05) is 36.2 Å². The molecule has 1 heterocycles. The maximum absolute atomic E-state index is 12.8. The largest absolute Gasteiger partial charge is 0.480 e. The smallest absolute Gasteiger partial charge is 0.263 e. The molecule has 2 unspecified atom stereocenters. The zero-order valence-corrected chi connectivity index (χ0v) is 22.2. The topological polar surface area (TPSA) is 59.1 Å². The number of rotatable bonds is 6. The summed E-state index contributed by atoms with van der Waals surface area (Å²) in [4.78, 5) is 29.0. The fourth-order valence-electron chi connectivity index (χ4n) is 3.28. The second-order valence-corrected chi connectivity index (χ2v) is 9.90. The number of nitrogens with zero attached hydrogens (tertiary/aromatic N) is 2. The summed E-state index contributed by atoms with van der Waals surface area (Å²) in [6.07, 6.45) is -1.33. The summed E-state index contributed by atoms with van der Waals surface area (Å²) < 4.78 is 13.0. The molecule has 0 bridgehead atoms. The van der Waals surface area contributed by atoms with Gasteiger partial charge in [-0.15, -0.1) is 0 Å². The van der Waals surface area contributed by atoms with Crippen LogP contribution in [0.2, 0.25) is 10.0 Å². The van der Waals surface area contributed by atoms with Crippen LogP contribution in [0.5, 0.6) is 11.5 Å². The first kappa shape index (κ1) is 25.1. The van der Waals surface area contributed by atoms with Crippen LogP contribution in [0.1, 0.15) is 13.8 Å². The van der Waals surface area contributed by atoms with Crippen LogP contribution in [-0.2, 0) is 9.59 Å². The number of amides is 2. The Labute approximate surface area is 214 Å². The van der Waals surface area contributed by atoms with E-state index >= 15 is 0 Å². The molecule has 2 aromatic rings. The molecule has 1 fully saturated rings. The van der Waals surface area contributed by atoms with Crippen molar-refractivity contribution >= 4 is 66.9 Å². The summed E-state index contributed by atoms with van der Waals surface area (Å²) in [5, 5.41) is 1.15. The molecule has 2 aromatic carbocycles. The van der Waals surface area contributed by atoms with Crippen molar-refractivity contribution in [3.05, 3.63) is 55.4 Å². The van der Waals surface area contributed by atoms with Gasteiger partial charge in [-0.05, 0) is 82.1 Å². The monoisotopic (exact) mass is 606 g/mol. The SMILES string of the molecule is CC(Oc1ccc(Cl)cc1Br)C(=O)N1CCN(C(=O)C(C)Oc2ccc(Cl)cc2Br)CC1. The van der Waals surface area contributed by atoms with Crippen molar-refractivity contribution in [3.63, 3.8) is 0 Å². The van der Waals surface area contributed by atoms with Crippen LogP contribution in [0.4, 0.5) is 0 Å². The molecule has 1 saturated heterocycles. The molecule has 0 radical (unpaired) electrons. The molecule has 2 amide bonds. The van der Waals surface area contributed by atoms with E-state index in [-0.39, 0.29) is 11.8 Å². The first-order valence-corrected chi connectivity index (χ1v) is 12.3. The highest BCUT2D eigenvalue weighted by Crippen LogP contribution is 2.30. The van der Waals surface area contributed by atoms with Gasteiger partial charge in [0.15, 0.2) is 12.2 Å². The van der Waals surface area contributed by atoms with Crippen molar-refractivity contribution in [1.82, 2.24) is 9.80 Å². The zero-order valence-electron chi connectivity index (χ0n) is 17.5. The number of carbonyl (C=O) groups is 2. The van der Waals surface area contributed by atoms with Gasteiger partial charge in [0.25, 0.3) is 11.8 Å². The fraction of sp³-hybridized carbons (Fsp3) is 0.364. The van der Waals surface area contributed by atoms with Gasteiger partial charge in [0.1, 0.15) is 11.5 Å². The van der Waals surface area contributed by atoms with Crippen LogP contribution in [0.15, 0.2) is 45.3 Å². The van der Waals surface area contributed by atoms with Crippen LogP contribution >= 0.6 is 55.1 Å². The average molecular weight is 609 g/mol. The maximum Gasteiger partial charge on any atom is 0.263 e. The Kier molecular flexibility index (Phi) is 8.72. The zero-order chi connectivity index (χ0) is 23.4. The molecule has 32 heavy (non-hydrogen) atoms. The molecule has 0 saturated carbocycles. The predicted molar refractivity (Wildman–Crippen MR) is 132 cm³/mol. The molecule has 0 spiro atoms. The Morgan fingerprint density at radius 2 is 1.12 bits per heavy atom. The van der Waals surface area contributed by atoms with Gasteiger partial charge in [-0.2, -0.15) is 0 Å². The highest BCUT2D eigenvalue weighted by Gasteiger charge is 2.30. The Hall–Kier alpha value is -1.48. The molecule has 1 aliphatic heterocycles. The number of hydrogen-bond donors (Lipinski definition) is 0. The molecule has 0 aliphatic carbocycles. The molecular weight excluding hydrogens is 587 g/mol. The highest BCUT2D eigenvalue weighted by atomic mass is 79.9. The van der Waals surface area contributed by atoms with Gasteiger partial charge in [-0.3, -0.25) is 9.59 Å². The number of piperazine rings is 1. The summed E-state index contributed by atoms with van der Waals surface area (Å²) >= 11 is 18.7. The number of halogens is 4. The predicted octanol–water partition coefficient (Wildman–Crippen LogP) is 5.42. The molecule has 2 atom stereocenters. The van der Waals surface area contributed by atoms with E-state index in [0.717, 1.165) is 0 Å². The summed E-state index contributed by atoms with van der Waals surface area (Å²) in [7, 11) is 0. The van der Waals surface area contributed by atoms with E-state index in [1.54, 1.807) is 60.0 Å². The minimum absolute atomic E-state index is 0.131. The molecule has 1 aliphatic rings. The van der Waals surface area contributed by atoms with Gasteiger partial charge in [-0.1, -0.05) is 23.2 Å². The van der Waals surface area contributed by atoms with Crippen molar-refractivity contribution in [1.29, 1.82) is 0 Å². The minimum atomic E-state index is -0.667. The molecule has 3 rings (SSSR count). The lowest BCUT2D eigenvalue weighted by atomic mass is 10.2. The first-order chi connectivity index (χ1) is 15.2. The Morgan fingerprint density at radius 1 is 0.781 bits per heavy atom. The normalized spacial score (nSPS) is 15.8. The van der Waals surface area contributed by atoms with E-state index in [2.05, 4.69) is 31.9 Å². The van der Waals surface area contributed by atoms with Crippen molar-refractivity contribution in [2.24, 2.45) is 0 Å². The summed E-state index contributed by atoms with van der Waals surface area (Å²) in [5.41, 5.74) is 0. The molecule has 6 nitrogen and oxygen atoms in total. The van der Waals surface area contributed by atoms with E-state index in [1.807, 2.05) is 0 Å². The third kappa shape index (κ3) is 6.31. The Balaban J connectivity index is 1.52. The van der Waals surface area contributed by atoms with E-state index in [4.69, 9.17) is 32.7 Å². The number of ether oxygens (including phenoxy) is 2. The standard InChI is InChI=1S/C22H22Br2Cl2N2O4/c1-13(31-19-5-3-15(25)11-17(19)23)21(29)27-7-9-28(10-8-27)22(30)14(2)32-20-6-4-16(26)12-18(20)24/h3-6,11-14H,7-10H2,1-2H3. The van der Waals surface area contributed by atoms with Crippen molar-refractivity contribution in [2.75, 3.05) is 26.2 Å². The molecular formula is C22H22Br2Cl2N2O4. The maximum atomic E-state index is 12.8. The quantitative estimate of drug-likeness (QED) is 0.439. The van der Waals surface area contributed by atoms with Crippen molar-refractivity contribution in [3.8, 4) is 11.5 Å². The number of carbonyl (C=O) groups excluding carboxylic acids is 2. The summed E-state index contributed by atoms with van der Waals surface area (Å²) in [6.45, 7) is 5.13. The lowest BCUT2D eigenvalue weighted by Gasteiger charge is -2.36. The first-order valence-electron chi connectivity index (χ1n) is 9.96. The number of benzene rings is 2. The van der Waals surface area contributed by atoms with Crippen LogP contribution in [0, 0.1) is 0 Å². The van der Waals surface area contributed by atoms with Crippen LogP contribution < -0.4 is 9.47 Å². The second kappa shape index (κ2) is 11.1. The molecule has 10 heteroatoms. The van der Waals surface area contributed by atoms with Gasteiger partial charge in [0.05, 0.1) is 8.95 Å². The summed E-state index contributed by atoms with van der Waals surface area (Å²) in [6, 6.07) is 10.3. The second-order valence-electron chi connectivity index (χ2n) is 7.32. The lowest BCUT2D eigenvalue weighted by molar-refractivity contribution is -0.146. The van der Waals surface area contributed by atoms with Crippen LogP contribution in [0.25, 0.3) is 0 Å². The van der Waals surface area contributed by atoms with Crippen molar-refractivity contribution < 1.29 is 19.1 Å². The van der Waals surface area contributed by atoms with E-state index < -0.39 is 12.2 Å². The Morgan fingerprint density at radius 3 is 1.44 bits per heavy atom. The lowest BCUT2D eigenvalue weighted by Crippen LogP contribution is -2.55. The minimum Gasteiger partial charge on any atom is -0.480 e. The van der Waals surface area contributed by atoms with Gasteiger partial charge >= 0.3 is 0 Å². The molecule has 0 aromatic heterocycles. The van der Waals surface area contributed by atoms with Gasteiger partial charge in [-0.25, -0.2) is 0 Å². The fourth-order valence-corrected chi connectivity index (χ4v) is 4.84. The van der Waals surface area contributed by atoms with E-state index in [0.29, 0.717) is 56.7 Å². The van der Waals surface area contributed by atoms with E-state index in [1.165, 1.54) is 0 Å². The third-order valence-electron chi connectivity index (χ3n) is 4.99. The molecule has 172 valence electrons. The summed E-state index contributed by atoms with van der Waals surface area (Å²) in [5.74, 6) is 0.827. The van der Waals surface area contributed by atoms with Crippen molar-refractivity contribution in [2.45, 2.75) is 26.1 Å². The van der Waals surface area contributed by atoms with Crippen LogP contribution in [0.3, 0.4) is 0 Å². The average Bonchev–Trinajstić information content (AvgIpc) is 2.76. The number of hydrogen-bond acceptors (Lipinski definition) is 4. The Bertz CT molecular complexity index is 920. The van der Waals surface area contributed by atoms with Crippen LogP contribution in [-0.4, -0.2) is 60.0 Å². The van der Waals surface area contributed by atoms with Gasteiger partial charge in [0.2, 0.25) is 0 Å². The third-order valence-corrected chi connectivity index (χ3v) is 6.70. The molecule has 0 N–H and O–H groups in total. The van der Waals surface area contributed by atoms with E-state index in [9.17, 15) is 9.59 Å². The van der Waals surface area contributed by atoms with Gasteiger partial charge < -0.3 is 19.3 Å². The highest BCUT2D eigenvalue weighted by molar-refractivity contribution is 9.10.